The molecule has 47 heavy (non-hydrogen) atoms. The number of hydrogen-bond donors (Lipinski definition) is 0. The lowest BCUT2D eigenvalue weighted by Gasteiger charge is -2.29. The quantitative estimate of drug-likeness (QED) is 0.168. The molecule has 0 spiro atoms. The van der Waals surface area contributed by atoms with Crippen molar-refractivity contribution in [3.63, 3.8) is 0 Å². The zero-order valence-corrected chi connectivity index (χ0v) is 25.2. The fourth-order valence-corrected chi connectivity index (χ4v) is 6.34. The van der Waals surface area contributed by atoms with E-state index in [1.54, 1.807) is 21.9 Å². The molecule has 0 aromatic heterocycles. The first-order valence-corrected chi connectivity index (χ1v) is 14.8. The summed E-state index contributed by atoms with van der Waals surface area (Å²) in [5.41, 5.74) is 3.14. The molecule has 0 amide bonds. The van der Waals surface area contributed by atoms with E-state index in [0.29, 0.717) is 45.3 Å². The topological polar surface area (TPSA) is 6.48 Å². The van der Waals surface area contributed by atoms with E-state index in [2.05, 4.69) is 0 Å². The average Bonchev–Trinajstić information content (AvgIpc) is 3.28. The molecule has 7 rings (SSSR count). The predicted octanol–water partition coefficient (Wildman–Crippen LogP) is 11.8. The van der Waals surface area contributed by atoms with Crippen LogP contribution in [0.2, 0.25) is 0 Å². The maximum absolute atomic E-state index is 16.3. The van der Waals surface area contributed by atoms with E-state index in [1.165, 1.54) is 109 Å². The van der Waals surface area contributed by atoms with E-state index in [-0.39, 0.29) is 11.1 Å². The molecule has 0 N–H and O–H groups in total. The van der Waals surface area contributed by atoms with Crippen LogP contribution >= 0.6 is 0 Å². The summed E-state index contributed by atoms with van der Waals surface area (Å²) in [4.78, 5) is 3.35. The first kappa shape index (κ1) is 30.2. The molecular formula is C39H26F6N2. The number of fused-ring (bicyclic) bond motifs is 3. The number of halogens is 6. The molecule has 6 aromatic carbocycles. The van der Waals surface area contributed by atoms with Crippen molar-refractivity contribution < 1.29 is 26.3 Å². The zero-order valence-electron chi connectivity index (χ0n) is 25.2. The monoisotopic (exact) mass is 636 g/mol. The maximum Gasteiger partial charge on any atom is 0.133 e. The van der Waals surface area contributed by atoms with Gasteiger partial charge in [-0.3, -0.25) is 0 Å². The summed E-state index contributed by atoms with van der Waals surface area (Å²) in [6.07, 6.45) is 0. The van der Waals surface area contributed by atoms with Gasteiger partial charge in [-0.25, -0.2) is 26.3 Å². The van der Waals surface area contributed by atoms with Crippen molar-refractivity contribution in [3.8, 4) is 11.1 Å². The van der Waals surface area contributed by atoms with Crippen molar-refractivity contribution in [1.82, 2.24) is 0 Å². The molecule has 0 radical (unpaired) electrons. The fraction of sp³-hybridized carbons (Fsp3) is 0.0769. The third-order valence-electron chi connectivity index (χ3n) is 8.60. The number of nitrogens with zero attached hydrogens (tertiary/aromatic N) is 2. The van der Waals surface area contributed by atoms with Crippen LogP contribution in [0.25, 0.3) is 11.1 Å². The van der Waals surface area contributed by atoms with Crippen LogP contribution in [-0.2, 0) is 5.41 Å². The van der Waals surface area contributed by atoms with Crippen LogP contribution in [-0.4, -0.2) is 0 Å². The Hall–Kier alpha value is -5.50. The van der Waals surface area contributed by atoms with E-state index in [9.17, 15) is 17.6 Å². The average molecular weight is 637 g/mol. The highest BCUT2D eigenvalue weighted by Gasteiger charge is 2.41. The first-order chi connectivity index (χ1) is 22.5. The summed E-state index contributed by atoms with van der Waals surface area (Å²) in [6.45, 7) is 3.73. The third-order valence-corrected chi connectivity index (χ3v) is 8.60. The van der Waals surface area contributed by atoms with Gasteiger partial charge in [0, 0.05) is 50.7 Å². The largest absolute Gasteiger partial charge is 0.310 e. The molecular weight excluding hydrogens is 610 g/mol. The zero-order chi connectivity index (χ0) is 33.0. The normalized spacial score (nSPS) is 12.9. The second kappa shape index (κ2) is 11.4. The first-order valence-electron chi connectivity index (χ1n) is 14.8. The Labute approximate surface area is 267 Å². The van der Waals surface area contributed by atoms with E-state index >= 15 is 8.78 Å². The van der Waals surface area contributed by atoms with Gasteiger partial charge in [0.05, 0.1) is 0 Å². The van der Waals surface area contributed by atoms with Gasteiger partial charge >= 0.3 is 0 Å². The van der Waals surface area contributed by atoms with Gasteiger partial charge in [0.25, 0.3) is 0 Å². The van der Waals surface area contributed by atoms with E-state index in [4.69, 9.17) is 0 Å². The van der Waals surface area contributed by atoms with Crippen molar-refractivity contribution in [2.24, 2.45) is 0 Å². The molecule has 8 heteroatoms. The molecule has 0 unspecified atom stereocenters. The van der Waals surface area contributed by atoms with Crippen LogP contribution in [0.4, 0.5) is 60.5 Å². The lowest BCUT2D eigenvalue weighted by molar-refractivity contribution is 0.617. The van der Waals surface area contributed by atoms with Crippen LogP contribution in [0.1, 0.15) is 25.0 Å². The molecule has 2 nitrogen and oxygen atoms in total. The summed E-state index contributed by atoms with van der Waals surface area (Å²) in [5.74, 6) is -3.15. The Morgan fingerprint density at radius 3 is 0.872 bits per heavy atom. The summed E-state index contributed by atoms with van der Waals surface area (Å²) in [5, 5.41) is 0. The Morgan fingerprint density at radius 2 is 0.617 bits per heavy atom. The number of hydrogen-bond acceptors (Lipinski definition) is 2. The van der Waals surface area contributed by atoms with Gasteiger partial charge < -0.3 is 9.80 Å². The molecule has 0 aliphatic heterocycles. The van der Waals surface area contributed by atoms with Gasteiger partial charge in [0.1, 0.15) is 34.9 Å². The van der Waals surface area contributed by atoms with Gasteiger partial charge in [-0.2, -0.15) is 0 Å². The molecule has 0 fully saturated rings. The smallest absolute Gasteiger partial charge is 0.133 e. The maximum atomic E-state index is 16.3. The molecule has 1 aliphatic carbocycles. The minimum absolute atomic E-state index is 0.117. The van der Waals surface area contributed by atoms with E-state index in [1.807, 2.05) is 13.8 Å². The second-order valence-electron chi connectivity index (χ2n) is 11.9. The van der Waals surface area contributed by atoms with Gasteiger partial charge in [0.2, 0.25) is 0 Å². The van der Waals surface area contributed by atoms with Gasteiger partial charge in [-0.15, -0.1) is 0 Å². The highest BCUT2D eigenvalue weighted by molar-refractivity contribution is 5.89. The van der Waals surface area contributed by atoms with Gasteiger partial charge in [-0.1, -0.05) is 13.8 Å². The van der Waals surface area contributed by atoms with Crippen molar-refractivity contribution in [3.05, 3.63) is 167 Å². The Bertz CT molecular complexity index is 1860. The van der Waals surface area contributed by atoms with Crippen LogP contribution in [0.15, 0.2) is 121 Å². The molecule has 0 saturated carbocycles. The molecule has 0 bridgehead atoms. The Kier molecular flexibility index (Phi) is 7.31. The van der Waals surface area contributed by atoms with Gasteiger partial charge in [-0.05, 0) is 132 Å². The predicted molar refractivity (Wildman–Crippen MR) is 173 cm³/mol. The summed E-state index contributed by atoms with van der Waals surface area (Å²) in [6, 6.07) is 28.6. The second-order valence-corrected chi connectivity index (χ2v) is 11.9. The van der Waals surface area contributed by atoms with Crippen molar-refractivity contribution in [2.75, 3.05) is 9.80 Å². The van der Waals surface area contributed by atoms with Crippen LogP contribution in [0.5, 0.6) is 0 Å². The minimum Gasteiger partial charge on any atom is -0.310 e. The molecule has 0 heterocycles. The Morgan fingerprint density at radius 1 is 0.362 bits per heavy atom. The molecule has 1 aliphatic rings. The van der Waals surface area contributed by atoms with E-state index < -0.39 is 40.3 Å². The van der Waals surface area contributed by atoms with Gasteiger partial charge in [0.15, 0.2) is 0 Å². The molecule has 6 aromatic rings. The third kappa shape index (κ3) is 5.29. The standard InChI is InChI=1S/C39H26F6N2/c1-39(2)33-19-31(46(27-11-3-23(40)4-12-27)28-13-5-24(41)6-14-28)21-35(44)37(33)38-34(39)20-32(22-36(38)45)47(29-15-7-25(42)8-16-29)30-17-9-26(43)10-18-30/h3-22H,1-2H3. The van der Waals surface area contributed by atoms with Crippen molar-refractivity contribution in [1.29, 1.82) is 0 Å². The summed E-state index contributed by atoms with van der Waals surface area (Å²) in [7, 11) is 0. The lowest BCUT2D eigenvalue weighted by atomic mass is 9.82. The fourth-order valence-electron chi connectivity index (χ4n) is 6.34. The number of rotatable bonds is 6. The number of anilines is 6. The molecule has 0 saturated heterocycles. The summed E-state index contributed by atoms with van der Waals surface area (Å²) < 4.78 is 88.2. The summed E-state index contributed by atoms with van der Waals surface area (Å²) >= 11 is 0. The number of benzene rings is 6. The lowest BCUT2D eigenvalue weighted by Crippen LogP contribution is -2.18. The van der Waals surface area contributed by atoms with Crippen molar-refractivity contribution >= 4 is 34.1 Å². The highest BCUT2D eigenvalue weighted by atomic mass is 19.1. The SMILES string of the molecule is CC1(C)c2cc(N(c3ccc(F)cc3)c3ccc(F)cc3)cc(F)c2-c2c(F)cc(N(c3ccc(F)cc3)c3ccc(F)cc3)cc21. The van der Waals surface area contributed by atoms with Crippen LogP contribution in [0, 0.1) is 34.9 Å². The Balaban J connectivity index is 1.39. The molecule has 0 atom stereocenters. The molecule has 234 valence electrons. The van der Waals surface area contributed by atoms with Crippen molar-refractivity contribution in [2.45, 2.75) is 19.3 Å². The van der Waals surface area contributed by atoms with E-state index in [0.717, 1.165) is 0 Å². The van der Waals surface area contributed by atoms with Crippen LogP contribution < -0.4 is 9.80 Å². The van der Waals surface area contributed by atoms with Crippen LogP contribution in [0.3, 0.4) is 0 Å². The minimum atomic E-state index is -0.910. The highest BCUT2D eigenvalue weighted by Crippen LogP contribution is 2.54.